The lowest BCUT2D eigenvalue weighted by molar-refractivity contribution is -0.163. The molecule has 0 radical (unpaired) electrons. The molecule has 2 N–H and O–H groups in total. The lowest BCUT2D eigenvalue weighted by atomic mass is 9.75. The molecule has 0 aromatic rings. The van der Waals surface area contributed by atoms with Crippen LogP contribution in [0.15, 0.2) is 12.2 Å². The highest BCUT2D eigenvalue weighted by Gasteiger charge is 2.49. The monoisotopic (exact) mass is 418 g/mol. The molecule has 0 heterocycles. The van der Waals surface area contributed by atoms with Crippen molar-refractivity contribution in [3.8, 4) is 0 Å². The fraction of sp³-hybridized carbons (Fsp3) is 0.684. The molecular weight excluding hydrogens is 388 g/mol. The van der Waals surface area contributed by atoms with Gasteiger partial charge in [-0.15, -0.1) is 0 Å². The summed E-state index contributed by atoms with van der Waals surface area (Å²) in [6.07, 6.45) is -0.217. The highest BCUT2D eigenvalue weighted by atomic mass is 16.6. The number of carboxylic acids is 2. The van der Waals surface area contributed by atoms with Gasteiger partial charge in [-0.05, 0) is 12.8 Å². The summed E-state index contributed by atoms with van der Waals surface area (Å²) >= 11 is 0. The van der Waals surface area contributed by atoms with Gasteiger partial charge in [-0.1, -0.05) is 20.4 Å². The summed E-state index contributed by atoms with van der Waals surface area (Å²) in [6, 6.07) is 0. The molecule has 0 amide bonds. The zero-order chi connectivity index (χ0) is 22.3. The maximum atomic E-state index is 12.1. The molecule has 0 atom stereocenters. The topological polar surface area (TPSA) is 146 Å². The molecule has 0 spiro atoms. The number of carbonyl (C=O) groups excluding carboxylic acids is 2. The van der Waals surface area contributed by atoms with Crippen LogP contribution in [0.5, 0.6) is 0 Å². The van der Waals surface area contributed by atoms with Gasteiger partial charge in [0.25, 0.3) is 0 Å². The quantitative estimate of drug-likeness (QED) is 0.202. The Morgan fingerprint density at radius 1 is 0.759 bits per heavy atom. The molecule has 0 saturated carbocycles. The Morgan fingerprint density at radius 2 is 1.17 bits per heavy atom. The summed E-state index contributed by atoms with van der Waals surface area (Å²) < 4.78 is 20.1. The largest absolute Gasteiger partial charge is 0.481 e. The van der Waals surface area contributed by atoms with E-state index in [1.54, 1.807) is 0 Å². The second-order valence-corrected chi connectivity index (χ2v) is 6.19. The van der Waals surface area contributed by atoms with Crippen LogP contribution in [0.3, 0.4) is 0 Å². The van der Waals surface area contributed by atoms with Crippen LogP contribution in [0, 0.1) is 5.41 Å². The van der Waals surface area contributed by atoms with Crippen molar-refractivity contribution in [2.24, 2.45) is 5.41 Å². The third kappa shape index (κ3) is 10.0. The molecule has 0 saturated heterocycles. The predicted octanol–water partition coefficient (Wildman–Crippen LogP) is 1.42. The summed E-state index contributed by atoms with van der Waals surface area (Å²) in [5.41, 5.74) is -3.21. The minimum Gasteiger partial charge on any atom is -0.481 e. The maximum Gasteiger partial charge on any atom is 0.332 e. The normalized spacial score (nSPS) is 11.0. The van der Waals surface area contributed by atoms with Crippen molar-refractivity contribution in [1.29, 1.82) is 0 Å². The van der Waals surface area contributed by atoms with Crippen LogP contribution in [-0.4, -0.2) is 73.7 Å². The molecule has 0 aliphatic rings. The van der Waals surface area contributed by atoms with Crippen LogP contribution < -0.4 is 0 Å². The Kier molecular flexibility index (Phi) is 13.3. The number of esters is 2. The smallest absolute Gasteiger partial charge is 0.332 e. The Morgan fingerprint density at radius 3 is 1.48 bits per heavy atom. The molecule has 0 aliphatic carbocycles. The summed E-state index contributed by atoms with van der Waals surface area (Å²) in [4.78, 5) is 47.4. The van der Waals surface area contributed by atoms with Crippen molar-refractivity contribution >= 4 is 23.9 Å². The standard InChI is InChI=1S/C19H30O10/c1-4-6-26-8-10-28-15(20)12-19(18(24)25,14(3)17(22)23)13-16(21)29-11-9-27-7-5-2/h3-13H2,1-2H3,(H,22,23)(H,24,25). The van der Waals surface area contributed by atoms with E-state index in [1.807, 2.05) is 13.8 Å². The molecule has 0 bridgehead atoms. The van der Waals surface area contributed by atoms with Gasteiger partial charge >= 0.3 is 23.9 Å². The van der Waals surface area contributed by atoms with Crippen LogP contribution in [0.1, 0.15) is 39.5 Å². The van der Waals surface area contributed by atoms with Crippen LogP contribution >= 0.6 is 0 Å². The number of ether oxygens (including phenoxy) is 4. The summed E-state index contributed by atoms with van der Waals surface area (Å²) in [7, 11) is 0. The van der Waals surface area contributed by atoms with Crippen LogP contribution in [-0.2, 0) is 38.1 Å². The molecular formula is C19H30O10. The van der Waals surface area contributed by atoms with Gasteiger partial charge in [0.2, 0.25) is 0 Å². The number of carbonyl (C=O) groups is 4. The van der Waals surface area contributed by atoms with E-state index in [9.17, 15) is 29.4 Å². The van der Waals surface area contributed by atoms with E-state index in [0.29, 0.717) is 13.2 Å². The van der Waals surface area contributed by atoms with Crippen molar-refractivity contribution in [2.75, 3.05) is 39.6 Å². The van der Waals surface area contributed by atoms with Gasteiger partial charge in [0.15, 0.2) is 0 Å². The van der Waals surface area contributed by atoms with Gasteiger partial charge in [-0.25, -0.2) is 4.79 Å². The van der Waals surface area contributed by atoms with Crippen molar-refractivity contribution in [3.05, 3.63) is 12.2 Å². The first-order chi connectivity index (χ1) is 13.7. The fourth-order valence-corrected chi connectivity index (χ4v) is 2.28. The summed E-state index contributed by atoms with van der Waals surface area (Å²) in [5, 5.41) is 18.9. The molecule has 0 aliphatic heterocycles. The molecule has 0 rings (SSSR count). The zero-order valence-corrected chi connectivity index (χ0v) is 16.9. The Balaban J connectivity index is 5.08. The third-order valence-electron chi connectivity index (χ3n) is 3.82. The van der Waals surface area contributed by atoms with Gasteiger partial charge in [-0.2, -0.15) is 0 Å². The van der Waals surface area contributed by atoms with Crippen molar-refractivity contribution in [2.45, 2.75) is 39.5 Å². The molecule has 0 fully saturated rings. The summed E-state index contributed by atoms with van der Waals surface area (Å²) in [5.74, 6) is -5.32. The number of rotatable bonds is 17. The van der Waals surface area contributed by atoms with Gasteiger partial charge in [0.05, 0.1) is 26.1 Å². The minimum absolute atomic E-state index is 0.110. The Bertz CT molecular complexity index is 541. The third-order valence-corrected chi connectivity index (χ3v) is 3.82. The second kappa shape index (κ2) is 14.5. The highest BCUT2D eigenvalue weighted by Crippen LogP contribution is 2.36. The van der Waals surface area contributed by atoms with E-state index >= 15 is 0 Å². The van der Waals surface area contributed by atoms with Gasteiger partial charge in [0, 0.05) is 18.8 Å². The minimum atomic E-state index is -2.39. The van der Waals surface area contributed by atoms with E-state index in [1.165, 1.54) is 0 Å². The van der Waals surface area contributed by atoms with E-state index in [2.05, 4.69) is 6.58 Å². The molecule has 10 heteroatoms. The number of hydrogen-bond acceptors (Lipinski definition) is 8. The molecule has 10 nitrogen and oxygen atoms in total. The molecule has 29 heavy (non-hydrogen) atoms. The SMILES string of the molecule is C=C(C(=O)O)C(CC(=O)OCCOCCC)(CC(=O)OCCOCCC)C(=O)O. The Labute approximate surface area is 169 Å². The number of aliphatic carboxylic acids is 2. The van der Waals surface area contributed by atoms with Crippen molar-refractivity contribution < 1.29 is 48.3 Å². The van der Waals surface area contributed by atoms with Crippen LogP contribution in [0.4, 0.5) is 0 Å². The lowest BCUT2D eigenvalue weighted by Gasteiger charge is -2.27. The van der Waals surface area contributed by atoms with Crippen molar-refractivity contribution in [1.82, 2.24) is 0 Å². The fourth-order valence-electron chi connectivity index (χ4n) is 2.28. The first-order valence-electron chi connectivity index (χ1n) is 9.34. The zero-order valence-electron chi connectivity index (χ0n) is 16.9. The van der Waals surface area contributed by atoms with Gasteiger partial charge in [0.1, 0.15) is 18.6 Å². The van der Waals surface area contributed by atoms with Crippen LogP contribution in [0.25, 0.3) is 0 Å². The highest BCUT2D eigenvalue weighted by molar-refractivity contribution is 6.00. The van der Waals surface area contributed by atoms with E-state index in [0.717, 1.165) is 12.8 Å². The van der Waals surface area contributed by atoms with E-state index in [-0.39, 0.29) is 26.4 Å². The molecule has 166 valence electrons. The number of hydrogen-bond donors (Lipinski definition) is 2. The van der Waals surface area contributed by atoms with E-state index < -0.39 is 47.7 Å². The van der Waals surface area contributed by atoms with E-state index in [4.69, 9.17) is 18.9 Å². The average Bonchev–Trinajstić information content (AvgIpc) is 2.66. The molecule has 0 unspecified atom stereocenters. The lowest BCUT2D eigenvalue weighted by Crippen LogP contribution is -2.41. The first kappa shape index (κ1) is 26.5. The number of carboxylic acid groups (broad SMARTS) is 2. The first-order valence-corrected chi connectivity index (χ1v) is 9.34. The Hall–Kier alpha value is -2.46. The molecule has 0 aromatic carbocycles. The predicted molar refractivity (Wildman–Crippen MR) is 100 cm³/mol. The molecule has 0 aromatic heterocycles. The van der Waals surface area contributed by atoms with Crippen molar-refractivity contribution in [3.63, 3.8) is 0 Å². The van der Waals surface area contributed by atoms with Gasteiger partial charge < -0.3 is 29.2 Å². The average molecular weight is 418 g/mol. The van der Waals surface area contributed by atoms with Gasteiger partial charge in [-0.3, -0.25) is 14.4 Å². The van der Waals surface area contributed by atoms with Crippen LogP contribution in [0.2, 0.25) is 0 Å². The summed E-state index contributed by atoms with van der Waals surface area (Å²) in [6.45, 7) is 7.96. The second-order valence-electron chi connectivity index (χ2n) is 6.19. The maximum absolute atomic E-state index is 12.1.